The molecule has 0 aliphatic carbocycles. The molecule has 0 amide bonds. The molecule has 65 valence electrons. The average Bonchev–Trinajstić information content (AvgIpc) is 1.93. The fourth-order valence-corrected chi connectivity index (χ4v) is 0.407. The van der Waals surface area contributed by atoms with Crippen molar-refractivity contribution in [2.45, 2.75) is 39.7 Å². The summed E-state index contributed by atoms with van der Waals surface area (Å²) in [7, 11) is 0. The van der Waals surface area contributed by atoms with Gasteiger partial charge in [-0.1, -0.05) is 26.3 Å². The topological polar surface area (TPSA) is 40.9 Å². The Morgan fingerprint density at radius 2 is 1.91 bits per heavy atom. The van der Waals surface area contributed by atoms with Gasteiger partial charge in [-0.15, -0.1) is 0 Å². The number of rotatable bonds is 3. The smallest absolute Gasteiger partial charge is 0.112 e. The van der Waals surface area contributed by atoms with E-state index in [9.17, 15) is 4.79 Å². The van der Waals surface area contributed by atoms with Gasteiger partial charge in [0, 0.05) is 32.7 Å². The molecule has 3 heteroatoms. The molecule has 1 unspecified atom stereocenters. The Balaban J connectivity index is -0.000000196. The Labute approximate surface area is 95.2 Å². The Morgan fingerprint density at radius 3 is 2.00 bits per heavy atom. The largest absolute Gasteiger partial charge is 0.669 e. The van der Waals surface area contributed by atoms with E-state index >= 15 is 0 Å². The Morgan fingerprint density at radius 1 is 1.55 bits per heavy atom. The third kappa shape index (κ3) is 13.7. The third-order valence-electron chi connectivity index (χ3n) is 0.984. The summed E-state index contributed by atoms with van der Waals surface area (Å²) >= 11 is 0. The number of Topliss-reactive ketones (excluding diaryl/α,β-unsaturated/α-hetero) is 1. The number of nitrogens with one attached hydrogen (secondary N) is 1. The minimum Gasteiger partial charge on any atom is -0.669 e. The van der Waals surface area contributed by atoms with Crippen molar-refractivity contribution in [3.8, 4) is 0 Å². The molecule has 0 aliphatic rings. The van der Waals surface area contributed by atoms with Crippen molar-refractivity contribution in [1.29, 1.82) is 0 Å². The van der Waals surface area contributed by atoms with E-state index in [1.807, 2.05) is 13.8 Å². The molecule has 0 bridgehead atoms. The molecule has 0 fully saturated rings. The van der Waals surface area contributed by atoms with Gasteiger partial charge in [-0.2, -0.15) is 6.42 Å². The zero-order valence-electron chi connectivity index (χ0n) is 7.68. The monoisotopic (exact) mass is 232 g/mol. The maximum atomic E-state index is 10.3. The van der Waals surface area contributed by atoms with E-state index in [1.54, 1.807) is 0 Å². The van der Waals surface area contributed by atoms with Crippen LogP contribution in [0.1, 0.15) is 33.6 Å². The molecule has 0 heterocycles. The summed E-state index contributed by atoms with van der Waals surface area (Å²) in [6.07, 6.45) is 1.27. The van der Waals surface area contributed by atoms with Crippen LogP contribution in [0.2, 0.25) is 0 Å². The van der Waals surface area contributed by atoms with Gasteiger partial charge in [-0.05, 0) is 6.92 Å². The van der Waals surface area contributed by atoms with Crippen LogP contribution in [0.25, 0.3) is 5.73 Å². The zero-order valence-corrected chi connectivity index (χ0v) is 10.5. The maximum Gasteiger partial charge on any atom is 0.112 e. The molecule has 0 saturated heterocycles. The fraction of sp³-hybridized carbons (Fsp3) is 0.750. The van der Waals surface area contributed by atoms with Gasteiger partial charge in [-0.3, -0.25) is 0 Å². The number of carbonyl (C=O) groups is 1. The van der Waals surface area contributed by atoms with Crippen molar-refractivity contribution >= 4 is 5.78 Å². The normalized spacial score (nSPS) is 10.3. The second-order valence-electron chi connectivity index (χ2n) is 1.81. The van der Waals surface area contributed by atoms with Crippen LogP contribution < -0.4 is 0 Å². The summed E-state index contributed by atoms with van der Waals surface area (Å²) in [4.78, 5) is 10.3. The molecule has 0 spiro atoms. The van der Waals surface area contributed by atoms with Gasteiger partial charge in [0.15, 0.2) is 0 Å². The predicted molar refractivity (Wildman–Crippen MR) is 44.7 cm³/mol. The van der Waals surface area contributed by atoms with E-state index in [-0.39, 0.29) is 38.5 Å². The van der Waals surface area contributed by atoms with Gasteiger partial charge in [0.2, 0.25) is 0 Å². The molecule has 0 aromatic rings. The van der Waals surface area contributed by atoms with Crippen LogP contribution in [0.5, 0.6) is 0 Å². The van der Waals surface area contributed by atoms with E-state index in [4.69, 9.17) is 5.73 Å². The van der Waals surface area contributed by atoms with Gasteiger partial charge < -0.3 is 17.5 Å². The van der Waals surface area contributed by atoms with Crippen LogP contribution in [0.4, 0.5) is 0 Å². The second-order valence-corrected chi connectivity index (χ2v) is 1.81. The van der Waals surface area contributed by atoms with Gasteiger partial charge in [0.1, 0.15) is 5.78 Å². The third-order valence-corrected chi connectivity index (χ3v) is 0.984. The van der Waals surface area contributed by atoms with Crippen molar-refractivity contribution in [2.24, 2.45) is 0 Å². The van der Waals surface area contributed by atoms with Crippen LogP contribution in [-0.2, 0) is 37.5 Å². The Bertz CT molecular complexity index is 86.2. The molecule has 0 aliphatic heterocycles. The summed E-state index contributed by atoms with van der Waals surface area (Å²) in [5, 5.41) is 0. The van der Waals surface area contributed by atoms with Gasteiger partial charge >= 0.3 is 0 Å². The first-order valence-corrected chi connectivity index (χ1v) is 3.69. The number of carbonyl (C=O) groups excluding carboxylic acids is 1. The SMILES string of the molecule is CC.[CH2-]CCC([NH-])C(C)=O.[Y]. The van der Waals surface area contributed by atoms with Crippen molar-refractivity contribution in [1.82, 2.24) is 0 Å². The van der Waals surface area contributed by atoms with Crippen molar-refractivity contribution in [3.05, 3.63) is 12.7 Å². The van der Waals surface area contributed by atoms with E-state index in [1.165, 1.54) is 6.92 Å². The van der Waals surface area contributed by atoms with Crippen LogP contribution in [-0.4, -0.2) is 11.8 Å². The first-order chi connectivity index (χ1) is 4.68. The quantitative estimate of drug-likeness (QED) is 0.689. The fourth-order valence-electron chi connectivity index (χ4n) is 0.407. The minimum absolute atomic E-state index is 0. The molecular formula is C8H17NOY-2. The van der Waals surface area contributed by atoms with Crippen LogP contribution in [0, 0.1) is 6.92 Å². The number of hydrogen-bond acceptors (Lipinski definition) is 1. The molecular weight excluding hydrogens is 215 g/mol. The molecule has 1 N–H and O–H groups in total. The number of hydrogen-bond donors (Lipinski definition) is 0. The van der Waals surface area contributed by atoms with Crippen LogP contribution in [0.3, 0.4) is 0 Å². The summed E-state index contributed by atoms with van der Waals surface area (Å²) in [6, 6.07) is -0.535. The summed E-state index contributed by atoms with van der Waals surface area (Å²) < 4.78 is 0. The predicted octanol–water partition coefficient (Wildman–Crippen LogP) is 2.63. The second kappa shape index (κ2) is 13.3. The average molecular weight is 232 g/mol. The number of ketones is 1. The standard InChI is InChI=1S/C6H11NO.C2H6.Y/c1-3-4-6(7)5(2)8;1-2;/h6-7H,1,3-4H2,2H3;1-2H3;/q-2;;. The van der Waals surface area contributed by atoms with Crippen LogP contribution >= 0.6 is 0 Å². The van der Waals surface area contributed by atoms with E-state index in [2.05, 4.69) is 6.92 Å². The van der Waals surface area contributed by atoms with E-state index < -0.39 is 6.04 Å². The summed E-state index contributed by atoms with van der Waals surface area (Å²) in [5.74, 6) is -0.0614. The van der Waals surface area contributed by atoms with Gasteiger partial charge in [0.25, 0.3) is 0 Å². The van der Waals surface area contributed by atoms with Gasteiger partial charge in [0.05, 0.1) is 0 Å². The first-order valence-electron chi connectivity index (χ1n) is 3.69. The molecule has 0 aromatic carbocycles. The van der Waals surface area contributed by atoms with Crippen molar-refractivity contribution < 1.29 is 37.5 Å². The molecule has 0 aromatic heterocycles. The summed E-state index contributed by atoms with van der Waals surface area (Å²) in [6.45, 7) is 8.97. The van der Waals surface area contributed by atoms with Crippen molar-refractivity contribution in [3.63, 3.8) is 0 Å². The van der Waals surface area contributed by atoms with Crippen molar-refractivity contribution in [2.75, 3.05) is 0 Å². The minimum atomic E-state index is -0.535. The molecule has 2 nitrogen and oxygen atoms in total. The first kappa shape index (κ1) is 17.7. The van der Waals surface area contributed by atoms with E-state index in [0.717, 1.165) is 0 Å². The van der Waals surface area contributed by atoms with Crippen LogP contribution in [0.15, 0.2) is 0 Å². The molecule has 1 atom stereocenters. The summed E-state index contributed by atoms with van der Waals surface area (Å²) in [5.41, 5.74) is 7.04. The molecule has 1 radical (unpaired) electrons. The Kier molecular flexibility index (Phi) is 21.5. The Hall–Kier alpha value is 0.734. The van der Waals surface area contributed by atoms with E-state index in [0.29, 0.717) is 12.8 Å². The zero-order chi connectivity index (χ0) is 8.57. The molecule has 0 rings (SSSR count). The van der Waals surface area contributed by atoms with Gasteiger partial charge in [-0.25, -0.2) is 0 Å². The molecule has 0 saturated carbocycles. The maximum absolute atomic E-state index is 10.3. The molecule has 11 heavy (non-hydrogen) atoms.